The first-order valence-corrected chi connectivity index (χ1v) is 30.7. The third-order valence-electron chi connectivity index (χ3n) is 14.2. The third-order valence-corrected chi connectivity index (χ3v) is 14.2. The smallest absolute Gasteiger partial charge is 0.306 e. The van der Waals surface area contributed by atoms with Gasteiger partial charge in [-0.1, -0.05) is 311 Å². The standard InChI is InChI=1S/C62H120O6/c1-6-7-8-9-10-11-12-13-14-15-16-22-27-32-37-42-47-52-60(63)66-55-59(56-67-61(64)53-48-43-38-33-28-24-19-21-26-31-36-41-46-51-58(4)5)68-62(65)54-49-44-39-34-29-23-18-17-20-25-30-35-40-45-50-57(2)3/h57-59H,6-56H2,1-5H3/t59-/m1/s1. The average molecular weight is 962 g/mol. The fourth-order valence-corrected chi connectivity index (χ4v) is 9.58. The molecule has 6 nitrogen and oxygen atoms in total. The van der Waals surface area contributed by atoms with Crippen molar-refractivity contribution in [2.75, 3.05) is 13.2 Å². The highest BCUT2D eigenvalue weighted by Crippen LogP contribution is 2.19. The van der Waals surface area contributed by atoms with Gasteiger partial charge in [-0.05, 0) is 31.1 Å². The monoisotopic (exact) mass is 961 g/mol. The molecule has 0 saturated heterocycles. The lowest BCUT2D eigenvalue weighted by atomic mass is 10.0. The molecule has 0 aromatic carbocycles. The van der Waals surface area contributed by atoms with Gasteiger partial charge in [0.05, 0.1) is 0 Å². The fraction of sp³-hybridized carbons (Fsp3) is 0.952. The highest BCUT2D eigenvalue weighted by molar-refractivity contribution is 5.71. The van der Waals surface area contributed by atoms with E-state index in [0.29, 0.717) is 19.3 Å². The van der Waals surface area contributed by atoms with Gasteiger partial charge < -0.3 is 14.2 Å². The molecule has 0 aliphatic rings. The number of carbonyl (C=O) groups is 3. The molecule has 0 aromatic rings. The van der Waals surface area contributed by atoms with Crippen molar-refractivity contribution in [3.63, 3.8) is 0 Å². The summed E-state index contributed by atoms with van der Waals surface area (Å²) in [6, 6.07) is 0. The van der Waals surface area contributed by atoms with Crippen LogP contribution in [0, 0.1) is 11.8 Å². The molecule has 0 rings (SSSR count). The Balaban J connectivity index is 4.30. The molecular weight excluding hydrogens is 841 g/mol. The quantitative estimate of drug-likeness (QED) is 0.0343. The normalized spacial score (nSPS) is 12.0. The number of hydrogen-bond acceptors (Lipinski definition) is 6. The summed E-state index contributed by atoms with van der Waals surface area (Å²) in [5.74, 6) is 0.849. The number of hydrogen-bond donors (Lipinski definition) is 0. The molecule has 68 heavy (non-hydrogen) atoms. The molecule has 0 saturated carbocycles. The minimum atomic E-state index is -0.763. The molecule has 0 fully saturated rings. The van der Waals surface area contributed by atoms with Crippen LogP contribution >= 0.6 is 0 Å². The maximum Gasteiger partial charge on any atom is 0.306 e. The molecule has 0 aliphatic carbocycles. The van der Waals surface area contributed by atoms with Crippen LogP contribution in [0.25, 0.3) is 0 Å². The van der Waals surface area contributed by atoms with Crippen LogP contribution in [0.15, 0.2) is 0 Å². The third kappa shape index (κ3) is 55.3. The molecule has 0 aliphatic heterocycles. The summed E-state index contributed by atoms with van der Waals surface area (Å²) in [4.78, 5) is 38.2. The zero-order valence-electron chi connectivity index (χ0n) is 46.7. The van der Waals surface area contributed by atoms with Gasteiger partial charge in [-0.25, -0.2) is 0 Å². The Labute approximate surface area is 425 Å². The van der Waals surface area contributed by atoms with Crippen LogP contribution in [-0.4, -0.2) is 37.2 Å². The zero-order valence-corrected chi connectivity index (χ0v) is 46.7. The minimum absolute atomic E-state index is 0.0621. The first kappa shape index (κ1) is 66.4. The molecule has 0 spiro atoms. The van der Waals surface area contributed by atoms with Crippen molar-refractivity contribution < 1.29 is 28.6 Å². The second-order valence-corrected chi connectivity index (χ2v) is 22.3. The van der Waals surface area contributed by atoms with E-state index in [1.165, 1.54) is 238 Å². The summed E-state index contributed by atoms with van der Waals surface area (Å²) >= 11 is 0. The second kappa shape index (κ2) is 54.7. The predicted octanol–water partition coefficient (Wildman–Crippen LogP) is 20.4. The lowest BCUT2D eigenvalue weighted by molar-refractivity contribution is -0.167. The predicted molar refractivity (Wildman–Crippen MR) is 293 cm³/mol. The van der Waals surface area contributed by atoms with Crippen molar-refractivity contribution in [1.82, 2.24) is 0 Å². The first-order chi connectivity index (χ1) is 33.2. The molecule has 0 bridgehead atoms. The molecule has 0 N–H and O–H groups in total. The van der Waals surface area contributed by atoms with Crippen molar-refractivity contribution >= 4 is 17.9 Å². The average Bonchev–Trinajstić information content (AvgIpc) is 3.31. The Morgan fingerprint density at radius 2 is 0.485 bits per heavy atom. The summed E-state index contributed by atoms with van der Waals surface area (Å²) < 4.78 is 16.9. The topological polar surface area (TPSA) is 78.9 Å². The number of ether oxygens (including phenoxy) is 3. The van der Waals surface area contributed by atoms with Gasteiger partial charge in [0, 0.05) is 19.3 Å². The van der Waals surface area contributed by atoms with Crippen molar-refractivity contribution in [3.05, 3.63) is 0 Å². The molecule has 6 heteroatoms. The van der Waals surface area contributed by atoms with Crippen molar-refractivity contribution in [3.8, 4) is 0 Å². The van der Waals surface area contributed by atoms with Gasteiger partial charge in [0.15, 0.2) is 6.10 Å². The summed E-state index contributed by atoms with van der Waals surface area (Å²) in [6.45, 7) is 11.4. The first-order valence-electron chi connectivity index (χ1n) is 30.7. The number of carbonyl (C=O) groups excluding carboxylic acids is 3. The Morgan fingerprint density at radius 1 is 0.279 bits per heavy atom. The lowest BCUT2D eigenvalue weighted by Crippen LogP contribution is -2.30. The maximum atomic E-state index is 12.9. The van der Waals surface area contributed by atoms with Crippen LogP contribution in [0.5, 0.6) is 0 Å². The van der Waals surface area contributed by atoms with Crippen molar-refractivity contribution in [2.45, 2.75) is 355 Å². The summed E-state index contributed by atoms with van der Waals surface area (Å²) in [6.07, 6.45) is 59.5. The van der Waals surface area contributed by atoms with Gasteiger partial charge in [-0.2, -0.15) is 0 Å². The number of unbranched alkanes of at least 4 members (excludes halogenated alkanes) is 41. The Kier molecular flexibility index (Phi) is 53.5. The van der Waals surface area contributed by atoms with Gasteiger partial charge in [0.2, 0.25) is 0 Å². The second-order valence-electron chi connectivity index (χ2n) is 22.3. The van der Waals surface area contributed by atoms with Crippen molar-refractivity contribution in [2.24, 2.45) is 11.8 Å². The van der Waals surface area contributed by atoms with Crippen LogP contribution in [-0.2, 0) is 28.6 Å². The fourth-order valence-electron chi connectivity index (χ4n) is 9.58. The molecular formula is C62H120O6. The van der Waals surface area contributed by atoms with Crippen LogP contribution in [0.2, 0.25) is 0 Å². The Hall–Kier alpha value is -1.59. The summed E-state index contributed by atoms with van der Waals surface area (Å²) in [5.41, 5.74) is 0. The van der Waals surface area contributed by atoms with E-state index in [-0.39, 0.29) is 31.1 Å². The van der Waals surface area contributed by atoms with Crippen LogP contribution in [0.4, 0.5) is 0 Å². The van der Waals surface area contributed by atoms with E-state index in [1.807, 2.05) is 0 Å². The minimum Gasteiger partial charge on any atom is -0.462 e. The molecule has 1 atom stereocenters. The van der Waals surface area contributed by atoms with Gasteiger partial charge >= 0.3 is 17.9 Å². The van der Waals surface area contributed by atoms with Crippen molar-refractivity contribution in [1.29, 1.82) is 0 Å². The van der Waals surface area contributed by atoms with Gasteiger partial charge in [0.1, 0.15) is 13.2 Å². The van der Waals surface area contributed by atoms with E-state index < -0.39 is 6.10 Å². The van der Waals surface area contributed by atoms with Gasteiger partial charge in [0.25, 0.3) is 0 Å². The number of rotatable bonds is 56. The van der Waals surface area contributed by atoms with Crippen LogP contribution in [0.3, 0.4) is 0 Å². The van der Waals surface area contributed by atoms with Gasteiger partial charge in [-0.3, -0.25) is 14.4 Å². The maximum absolute atomic E-state index is 12.9. The Bertz CT molecular complexity index is 1040. The number of esters is 3. The summed E-state index contributed by atoms with van der Waals surface area (Å²) in [7, 11) is 0. The highest BCUT2D eigenvalue weighted by Gasteiger charge is 2.19. The van der Waals surface area contributed by atoms with E-state index in [2.05, 4.69) is 34.6 Å². The molecule has 0 radical (unpaired) electrons. The van der Waals surface area contributed by atoms with E-state index >= 15 is 0 Å². The molecule has 0 unspecified atom stereocenters. The van der Waals surface area contributed by atoms with E-state index in [9.17, 15) is 14.4 Å². The largest absolute Gasteiger partial charge is 0.462 e. The van der Waals surface area contributed by atoms with Crippen LogP contribution in [0.1, 0.15) is 349 Å². The summed E-state index contributed by atoms with van der Waals surface area (Å²) in [5, 5.41) is 0. The zero-order chi connectivity index (χ0) is 49.6. The lowest BCUT2D eigenvalue weighted by Gasteiger charge is -2.18. The SMILES string of the molecule is CCCCCCCCCCCCCCCCCCCC(=O)OC[C@H](COC(=O)CCCCCCCCCCCCCCCC(C)C)OC(=O)CCCCCCCCCCCCCCCCC(C)C. The highest BCUT2D eigenvalue weighted by atomic mass is 16.6. The molecule has 0 aromatic heterocycles. The molecule has 0 amide bonds. The van der Waals surface area contributed by atoms with E-state index in [4.69, 9.17) is 14.2 Å². The van der Waals surface area contributed by atoms with E-state index in [1.54, 1.807) is 0 Å². The van der Waals surface area contributed by atoms with Gasteiger partial charge in [-0.15, -0.1) is 0 Å². The molecule has 0 heterocycles. The van der Waals surface area contributed by atoms with Crippen LogP contribution < -0.4 is 0 Å². The Morgan fingerprint density at radius 3 is 0.721 bits per heavy atom. The molecule has 404 valence electrons. The van der Waals surface area contributed by atoms with E-state index in [0.717, 1.165) is 69.6 Å².